The van der Waals surface area contributed by atoms with Crippen molar-refractivity contribution in [2.45, 2.75) is 32.4 Å². The molecule has 0 saturated carbocycles. The summed E-state index contributed by atoms with van der Waals surface area (Å²) in [6.45, 7) is 3.51. The summed E-state index contributed by atoms with van der Waals surface area (Å²) in [5, 5.41) is 12.2. The molecule has 1 fully saturated rings. The van der Waals surface area contributed by atoms with Crippen molar-refractivity contribution in [2.75, 3.05) is 18.5 Å². The molecule has 2 heterocycles. The van der Waals surface area contributed by atoms with Crippen LogP contribution in [0.5, 0.6) is 0 Å². The molecule has 8 nitrogen and oxygen atoms in total. The molecule has 0 unspecified atom stereocenters. The van der Waals surface area contributed by atoms with Crippen LogP contribution in [0.25, 0.3) is 0 Å². The van der Waals surface area contributed by atoms with Gasteiger partial charge >= 0.3 is 6.03 Å². The number of carbonyl (C=O) groups excluding carboxylic acids is 2. The minimum absolute atomic E-state index is 0.112. The molecule has 1 aromatic carbocycles. The lowest BCUT2D eigenvalue weighted by Crippen LogP contribution is -2.31. The average molecular weight is 375 g/mol. The first kappa shape index (κ1) is 18.3. The van der Waals surface area contributed by atoms with Gasteiger partial charge in [0.05, 0.1) is 23.2 Å². The van der Waals surface area contributed by atoms with Crippen LogP contribution in [0.2, 0.25) is 0 Å². The van der Waals surface area contributed by atoms with Gasteiger partial charge in [-0.05, 0) is 55.6 Å². The van der Waals surface area contributed by atoms with Gasteiger partial charge in [-0.25, -0.2) is 4.79 Å². The van der Waals surface area contributed by atoms with Crippen LogP contribution in [0.4, 0.5) is 10.5 Å². The summed E-state index contributed by atoms with van der Waals surface area (Å²) in [5.74, 6) is -0.148. The molecule has 0 bridgehead atoms. The molecule has 3 N–H and O–H groups in total. The van der Waals surface area contributed by atoms with Gasteiger partial charge in [0, 0.05) is 24.4 Å². The Morgan fingerprint density at radius 2 is 2.08 bits per heavy atom. The maximum atomic E-state index is 12.1. The molecule has 138 valence electrons. The van der Waals surface area contributed by atoms with Crippen LogP contribution < -0.4 is 16.0 Å². The molecular formula is C17H21N5O3S. The molecule has 0 aliphatic carbocycles. The van der Waals surface area contributed by atoms with Gasteiger partial charge < -0.3 is 20.7 Å². The van der Waals surface area contributed by atoms with E-state index in [-0.39, 0.29) is 18.0 Å². The Morgan fingerprint density at radius 1 is 1.27 bits per heavy atom. The largest absolute Gasteiger partial charge is 0.376 e. The number of benzene rings is 1. The molecule has 9 heteroatoms. The van der Waals surface area contributed by atoms with E-state index in [2.05, 4.69) is 25.5 Å². The summed E-state index contributed by atoms with van der Waals surface area (Å²) in [7, 11) is 0. The van der Waals surface area contributed by atoms with Gasteiger partial charge in [0.25, 0.3) is 5.91 Å². The molecule has 2 aromatic rings. The van der Waals surface area contributed by atoms with Crippen LogP contribution in [0, 0.1) is 6.92 Å². The molecule has 0 radical (unpaired) electrons. The summed E-state index contributed by atoms with van der Waals surface area (Å²) in [6.07, 6.45) is 2.14. The molecular weight excluding hydrogens is 354 g/mol. The monoisotopic (exact) mass is 375 g/mol. The van der Waals surface area contributed by atoms with E-state index in [1.54, 1.807) is 24.3 Å². The summed E-state index contributed by atoms with van der Waals surface area (Å²) in [5.41, 5.74) is 1.96. The van der Waals surface area contributed by atoms with Gasteiger partial charge in [0.2, 0.25) is 0 Å². The molecule has 1 aliphatic rings. The van der Waals surface area contributed by atoms with Crippen LogP contribution in [0.15, 0.2) is 24.3 Å². The number of ether oxygens (including phenoxy) is 1. The molecule has 1 aliphatic heterocycles. The number of hydrogen-bond acceptors (Lipinski definition) is 6. The number of anilines is 1. The van der Waals surface area contributed by atoms with Gasteiger partial charge in [-0.1, -0.05) is 4.49 Å². The molecule has 1 atom stereocenters. The lowest BCUT2D eigenvalue weighted by molar-refractivity contribution is 0.0858. The first-order valence-corrected chi connectivity index (χ1v) is 9.21. The maximum Gasteiger partial charge on any atom is 0.319 e. The third-order valence-electron chi connectivity index (χ3n) is 4.07. The Balaban J connectivity index is 1.45. The van der Waals surface area contributed by atoms with Crippen LogP contribution in [0.3, 0.4) is 0 Å². The quantitative estimate of drug-likeness (QED) is 0.717. The van der Waals surface area contributed by atoms with Gasteiger partial charge in [-0.2, -0.15) is 0 Å². The summed E-state index contributed by atoms with van der Waals surface area (Å²) >= 11 is 1.26. The molecule has 26 heavy (non-hydrogen) atoms. The standard InChI is InChI=1S/C17H21N5O3S/c1-11-15(26-22-21-11)10-19-17(24)20-13-6-4-12(5-7-13)16(23)18-9-14-3-2-8-25-14/h4-7,14H,2-3,8-10H2,1H3,(H,18,23)(H2,19,20,24)/t14-/m1/s1. The molecule has 1 aromatic heterocycles. The Kier molecular flexibility index (Phi) is 6.13. The van der Waals surface area contributed by atoms with Crippen molar-refractivity contribution in [3.8, 4) is 0 Å². The van der Waals surface area contributed by atoms with Crippen molar-refractivity contribution >= 4 is 29.2 Å². The zero-order valence-corrected chi connectivity index (χ0v) is 15.3. The summed E-state index contributed by atoms with van der Waals surface area (Å²) in [6, 6.07) is 6.42. The van der Waals surface area contributed by atoms with E-state index in [0.29, 0.717) is 24.3 Å². The number of aromatic nitrogens is 2. The van der Waals surface area contributed by atoms with Gasteiger partial charge in [0.1, 0.15) is 0 Å². The van der Waals surface area contributed by atoms with Gasteiger partial charge in [-0.15, -0.1) is 5.10 Å². The zero-order chi connectivity index (χ0) is 18.4. The van der Waals surface area contributed by atoms with Crippen molar-refractivity contribution < 1.29 is 14.3 Å². The fourth-order valence-corrected chi connectivity index (χ4v) is 3.14. The highest BCUT2D eigenvalue weighted by molar-refractivity contribution is 7.05. The van der Waals surface area contributed by atoms with Crippen LogP contribution in [0.1, 0.15) is 33.8 Å². The number of aryl methyl sites for hydroxylation is 1. The van der Waals surface area contributed by atoms with E-state index in [1.165, 1.54) is 11.5 Å². The predicted octanol–water partition coefficient (Wildman–Crippen LogP) is 2.08. The second-order valence-electron chi connectivity index (χ2n) is 6.01. The van der Waals surface area contributed by atoms with E-state index < -0.39 is 0 Å². The molecule has 3 rings (SSSR count). The molecule has 3 amide bonds. The van der Waals surface area contributed by atoms with E-state index in [4.69, 9.17) is 4.74 Å². The maximum absolute atomic E-state index is 12.1. The highest BCUT2D eigenvalue weighted by Gasteiger charge is 2.16. The number of amides is 3. The van der Waals surface area contributed by atoms with Crippen LogP contribution in [-0.4, -0.2) is 40.8 Å². The van der Waals surface area contributed by atoms with E-state index in [1.807, 2.05) is 6.92 Å². The predicted molar refractivity (Wildman–Crippen MR) is 98.3 cm³/mol. The Labute approximate surface area is 155 Å². The lowest BCUT2D eigenvalue weighted by atomic mass is 10.2. The minimum atomic E-state index is -0.326. The topological polar surface area (TPSA) is 105 Å². The minimum Gasteiger partial charge on any atom is -0.376 e. The Morgan fingerprint density at radius 3 is 2.73 bits per heavy atom. The van der Waals surface area contributed by atoms with E-state index in [9.17, 15) is 9.59 Å². The first-order chi connectivity index (χ1) is 12.6. The second kappa shape index (κ2) is 8.72. The first-order valence-electron chi connectivity index (χ1n) is 8.44. The number of nitrogens with zero attached hydrogens (tertiary/aromatic N) is 2. The van der Waals surface area contributed by atoms with E-state index in [0.717, 1.165) is 30.0 Å². The normalized spacial score (nSPS) is 16.3. The third-order valence-corrected chi connectivity index (χ3v) is 4.90. The van der Waals surface area contributed by atoms with Gasteiger partial charge in [-0.3, -0.25) is 4.79 Å². The van der Waals surface area contributed by atoms with E-state index >= 15 is 0 Å². The number of rotatable bonds is 6. The Hall–Kier alpha value is -2.52. The van der Waals surface area contributed by atoms with Crippen LogP contribution in [-0.2, 0) is 11.3 Å². The highest BCUT2D eigenvalue weighted by Crippen LogP contribution is 2.13. The van der Waals surface area contributed by atoms with Crippen molar-refractivity contribution in [1.82, 2.24) is 20.2 Å². The third kappa shape index (κ3) is 4.99. The number of hydrogen-bond donors (Lipinski definition) is 3. The van der Waals surface area contributed by atoms with Crippen molar-refractivity contribution in [3.05, 3.63) is 40.4 Å². The SMILES string of the molecule is Cc1nnsc1CNC(=O)Nc1ccc(C(=O)NC[C@H]2CCCO2)cc1. The smallest absolute Gasteiger partial charge is 0.319 e. The summed E-state index contributed by atoms with van der Waals surface area (Å²) in [4.78, 5) is 25.0. The zero-order valence-electron chi connectivity index (χ0n) is 14.4. The Bertz CT molecular complexity index is 756. The highest BCUT2D eigenvalue weighted by atomic mass is 32.1. The fourth-order valence-electron chi connectivity index (χ4n) is 2.57. The molecule has 0 spiro atoms. The van der Waals surface area contributed by atoms with Gasteiger partial charge in [0.15, 0.2) is 0 Å². The lowest BCUT2D eigenvalue weighted by Gasteiger charge is -2.11. The molecule has 1 saturated heterocycles. The van der Waals surface area contributed by atoms with Crippen LogP contribution >= 0.6 is 11.5 Å². The number of carbonyl (C=O) groups is 2. The fraction of sp³-hybridized carbons (Fsp3) is 0.412. The summed E-state index contributed by atoms with van der Waals surface area (Å²) < 4.78 is 9.31. The second-order valence-corrected chi connectivity index (χ2v) is 6.85. The average Bonchev–Trinajstić information content (AvgIpc) is 3.30. The van der Waals surface area contributed by atoms with Crippen molar-refractivity contribution in [3.63, 3.8) is 0 Å². The number of nitrogens with one attached hydrogen (secondary N) is 3. The number of urea groups is 1. The van der Waals surface area contributed by atoms with Crippen molar-refractivity contribution in [2.24, 2.45) is 0 Å². The van der Waals surface area contributed by atoms with Crippen molar-refractivity contribution in [1.29, 1.82) is 0 Å².